The first-order valence-electron chi connectivity index (χ1n) is 5.06. The molecule has 1 N–H and O–H groups in total. The first kappa shape index (κ1) is 11.0. The molecular formula is C13H18O. The Bertz CT molecular complexity index is 296. The zero-order chi connectivity index (χ0) is 10.6. The van der Waals surface area contributed by atoms with E-state index in [2.05, 4.69) is 26.0 Å². The monoisotopic (exact) mass is 190 g/mol. The Morgan fingerprint density at radius 2 is 1.71 bits per heavy atom. The molecular weight excluding hydrogens is 172 g/mol. The van der Waals surface area contributed by atoms with Gasteiger partial charge < -0.3 is 5.11 Å². The van der Waals surface area contributed by atoms with E-state index in [0.29, 0.717) is 5.92 Å². The summed E-state index contributed by atoms with van der Waals surface area (Å²) in [5, 5.41) is 9.36. The molecule has 1 unspecified atom stereocenters. The standard InChI is InChI=1S/C13H18O/c1-10(2)13(9-11(3)14)12-7-5-4-6-8-12/h4-11,14H,1-3H3/b13-9-. The van der Waals surface area contributed by atoms with Crippen LogP contribution in [0.1, 0.15) is 26.3 Å². The average molecular weight is 190 g/mol. The number of hydrogen-bond acceptors (Lipinski definition) is 1. The van der Waals surface area contributed by atoms with E-state index in [1.165, 1.54) is 11.1 Å². The fraction of sp³-hybridized carbons (Fsp3) is 0.385. The van der Waals surface area contributed by atoms with Crippen LogP contribution in [0.5, 0.6) is 0 Å². The van der Waals surface area contributed by atoms with E-state index >= 15 is 0 Å². The Morgan fingerprint density at radius 3 is 2.14 bits per heavy atom. The minimum Gasteiger partial charge on any atom is -0.389 e. The lowest BCUT2D eigenvalue weighted by Gasteiger charge is -2.12. The van der Waals surface area contributed by atoms with Crippen LogP contribution < -0.4 is 0 Å². The summed E-state index contributed by atoms with van der Waals surface area (Å²) in [7, 11) is 0. The van der Waals surface area contributed by atoms with Crippen LogP contribution in [0.3, 0.4) is 0 Å². The molecule has 14 heavy (non-hydrogen) atoms. The lowest BCUT2D eigenvalue weighted by Crippen LogP contribution is -2.00. The van der Waals surface area contributed by atoms with Crippen LogP contribution in [0.4, 0.5) is 0 Å². The van der Waals surface area contributed by atoms with Crippen molar-refractivity contribution in [3.05, 3.63) is 42.0 Å². The molecule has 0 fully saturated rings. The van der Waals surface area contributed by atoms with E-state index < -0.39 is 0 Å². The number of hydrogen-bond donors (Lipinski definition) is 1. The maximum absolute atomic E-state index is 9.36. The molecule has 1 aromatic carbocycles. The van der Waals surface area contributed by atoms with Gasteiger partial charge in [-0.3, -0.25) is 0 Å². The molecule has 0 amide bonds. The Balaban J connectivity index is 3.01. The van der Waals surface area contributed by atoms with Crippen LogP contribution in [0.15, 0.2) is 36.4 Å². The normalized spacial score (nSPS) is 14.5. The Morgan fingerprint density at radius 1 is 1.14 bits per heavy atom. The zero-order valence-corrected chi connectivity index (χ0v) is 9.07. The van der Waals surface area contributed by atoms with Gasteiger partial charge in [0.1, 0.15) is 0 Å². The summed E-state index contributed by atoms with van der Waals surface area (Å²) in [6.07, 6.45) is 1.53. The molecule has 0 aromatic heterocycles. The SMILES string of the molecule is CC(O)/C=C(\c1ccccc1)C(C)C. The van der Waals surface area contributed by atoms with E-state index in [9.17, 15) is 5.11 Å². The summed E-state index contributed by atoms with van der Waals surface area (Å²) in [4.78, 5) is 0. The van der Waals surface area contributed by atoms with Crippen LogP contribution in [0, 0.1) is 5.92 Å². The van der Waals surface area contributed by atoms with Crippen molar-refractivity contribution in [2.24, 2.45) is 5.92 Å². The lowest BCUT2D eigenvalue weighted by atomic mass is 9.94. The first-order chi connectivity index (χ1) is 6.61. The van der Waals surface area contributed by atoms with E-state index in [0.717, 1.165) is 0 Å². The molecule has 0 saturated carbocycles. The molecule has 1 atom stereocenters. The van der Waals surface area contributed by atoms with Gasteiger partial charge in [0.05, 0.1) is 6.10 Å². The topological polar surface area (TPSA) is 20.2 Å². The van der Waals surface area contributed by atoms with Crippen LogP contribution in [-0.4, -0.2) is 11.2 Å². The summed E-state index contributed by atoms with van der Waals surface area (Å²) in [6.45, 7) is 6.06. The van der Waals surface area contributed by atoms with Crippen molar-refractivity contribution < 1.29 is 5.11 Å². The fourth-order valence-corrected chi connectivity index (χ4v) is 1.51. The molecule has 0 aliphatic rings. The van der Waals surface area contributed by atoms with Crippen molar-refractivity contribution in [3.8, 4) is 0 Å². The van der Waals surface area contributed by atoms with Crippen molar-refractivity contribution in [2.75, 3.05) is 0 Å². The molecule has 1 nitrogen and oxygen atoms in total. The molecule has 0 aliphatic heterocycles. The molecule has 1 aromatic rings. The van der Waals surface area contributed by atoms with Crippen LogP contribution in [0.2, 0.25) is 0 Å². The number of allylic oxidation sites excluding steroid dienone is 1. The van der Waals surface area contributed by atoms with Crippen molar-refractivity contribution >= 4 is 5.57 Å². The summed E-state index contributed by atoms with van der Waals surface area (Å²) in [5.74, 6) is 0.437. The lowest BCUT2D eigenvalue weighted by molar-refractivity contribution is 0.244. The third-order valence-electron chi connectivity index (χ3n) is 2.15. The van der Waals surface area contributed by atoms with Crippen LogP contribution >= 0.6 is 0 Å². The molecule has 1 rings (SSSR count). The zero-order valence-electron chi connectivity index (χ0n) is 9.07. The third kappa shape index (κ3) is 3.00. The van der Waals surface area contributed by atoms with Gasteiger partial charge in [0.25, 0.3) is 0 Å². The maximum Gasteiger partial charge on any atom is 0.0698 e. The van der Waals surface area contributed by atoms with Gasteiger partial charge in [-0.1, -0.05) is 50.3 Å². The molecule has 0 bridgehead atoms. The molecule has 0 spiro atoms. The molecule has 76 valence electrons. The van der Waals surface area contributed by atoms with E-state index in [-0.39, 0.29) is 6.10 Å². The molecule has 1 heteroatoms. The Labute approximate surface area is 86.1 Å². The van der Waals surface area contributed by atoms with Crippen LogP contribution in [0.25, 0.3) is 5.57 Å². The van der Waals surface area contributed by atoms with Crippen molar-refractivity contribution in [2.45, 2.75) is 26.9 Å². The fourth-order valence-electron chi connectivity index (χ4n) is 1.51. The predicted molar refractivity (Wildman–Crippen MR) is 60.9 cm³/mol. The highest BCUT2D eigenvalue weighted by Gasteiger charge is 2.06. The smallest absolute Gasteiger partial charge is 0.0698 e. The summed E-state index contributed by atoms with van der Waals surface area (Å²) in [5.41, 5.74) is 2.41. The summed E-state index contributed by atoms with van der Waals surface area (Å²) >= 11 is 0. The van der Waals surface area contributed by atoms with Gasteiger partial charge >= 0.3 is 0 Å². The van der Waals surface area contributed by atoms with Gasteiger partial charge in [-0.25, -0.2) is 0 Å². The second-order valence-electron chi connectivity index (χ2n) is 3.88. The highest BCUT2D eigenvalue weighted by atomic mass is 16.3. The van der Waals surface area contributed by atoms with Crippen molar-refractivity contribution in [1.82, 2.24) is 0 Å². The van der Waals surface area contributed by atoms with Gasteiger partial charge in [-0.15, -0.1) is 0 Å². The van der Waals surface area contributed by atoms with Gasteiger partial charge in [0.15, 0.2) is 0 Å². The highest BCUT2D eigenvalue weighted by molar-refractivity contribution is 5.67. The largest absolute Gasteiger partial charge is 0.389 e. The highest BCUT2D eigenvalue weighted by Crippen LogP contribution is 2.23. The van der Waals surface area contributed by atoms with Gasteiger partial charge in [-0.05, 0) is 24.0 Å². The number of benzene rings is 1. The van der Waals surface area contributed by atoms with E-state index in [1.54, 1.807) is 6.92 Å². The first-order valence-corrected chi connectivity index (χ1v) is 5.06. The van der Waals surface area contributed by atoms with Crippen molar-refractivity contribution in [3.63, 3.8) is 0 Å². The number of aliphatic hydroxyl groups excluding tert-OH is 1. The third-order valence-corrected chi connectivity index (χ3v) is 2.15. The van der Waals surface area contributed by atoms with Crippen molar-refractivity contribution in [1.29, 1.82) is 0 Å². The molecule has 0 saturated heterocycles. The quantitative estimate of drug-likeness (QED) is 0.776. The minimum absolute atomic E-state index is 0.382. The average Bonchev–Trinajstić information content (AvgIpc) is 2.15. The second-order valence-corrected chi connectivity index (χ2v) is 3.88. The summed E-state index contributed by atoms with van der Waals surface area (Å²) < 4.78 is 0. The van der Waals surface area contributed by atoms with E-state index in [4.69, 9.17) is 0 Å². The number of aliphatic hydroxyl groups is 1. The van der Waals surface area contributed by atoms with Gasteiger partial charge in [-0.2, -0.15) is 0 Å². The Kier molecular flexibility index (Phi) is 3.90. The molecule has 0 heterocycles. The maximum atomic E-state index is 9.36. The van der Waals surface area contributed by atoms with Gasteiger partial charge in [0, 0.05) is 0 Å². The minimum atomic E-state index is -0.382. The molecule has 0 radical (unpaired) electrons. The Hall–Kier alpha value is -1.08. The predicted octanol–water partition coefficient (Wildman–Crippen LogP) is 3.11. The molecule has 0 aliphatic carbocycles. The van der Waals surface area contributed by atoms with E-state index in [1.807, 2.05) is 24.3 Å². The van der Waals surface area contributed by atoms with Gasteiger partial charge in [0.2, 0.25) is 0 Å². The second kappa shape index (κ2) is 4.97. The van der Waals surface area contributed by atoms with Crippen LogP contribution in [-0.2, 0) is 0 Å². The number of rotatable bonds is 3. The summed E-state index contributed by atoms with van der Waals surface area (Å²) in [6, 6.07) is 10.2.